The van der Waals surface area contributed by atoms with E-state index in [2.05, 4.69) is 10.3 Å². The summed E-state index contributed by atoms with van der Waals surface area (Å²) in [5.41, 5.74) is 1.05. The third-order valence-electron chi connectivity index (χ3n) is 2.19. The van der Waals surface area contributed by atoms with Crippen LogP contribution >= 0.6 is 0 Å². The number of halogens is 2. The van der Waals surface area contributed by atoms with Crippen molar-refractivity contribution in [1.82, 2.24) is 10.3 Å². The van der Waals surface area contributed by atoms with Crippen LogP contribution in [0.15, 0.2) is 18.3 Å². The van der Waals surface area contributed by atoms with Gasteiger partial charge in [0.2, 0.25) is 0 Å². The Labute approximate surface area is 94.5 Å². The number of alkyl halides is 2. The minimum Gasteiger partial charge on any atom is -0.354 e. The second-order valence-corrected chi connectivity index (χ2v) is 3.57. The number of aromatic nitrogens is 1. The first-order valence-electron chi connectivity index (χ1n) is 5.28. The molecule has 1 aromatic rings. The molecule has 0 radical (unpaired) electrons. The van der Waals surface area contributed by atoms with Gasteiger partial charge >= 0.3 is 0 Å². The molecule has 0 bridgehead atoms. The SMILES string of the molecule is CCNCc1ccnc(N(C)CC(F)F)c1. The highest BCUT2D eigenvalue weighted by Crippen LogP contribution is 2.12. The van der Waals surface area contributed by atoms with Crippen LogP contribution in [0.2, 0.25) is 0 Å². The molecule has 5 heteroatoms. The average molecular weight is 229 g/mol. The third-order valence-corrected chi connectivity index (χ3v) is 2.19. The van der Waals surface area contributed by atoms with E-state index in [1.807, 2.05) is 19.1 Å². The van der Waals surface area contributed by atoms with Gasteiger partial charge in [0.15, 0.2) is 0 Å². The van der Waals surface area contributed by atoms with Gasteiger partial charge in [0.25, 0.3) is 6.43 Å². The first kappa shape index (κ1) is 12.8. The Bertz CT molecular complexity index is 318. The van der Waals surface area contributed by atoms with Crippen LogP contribution in [-0.2, 0) is 6.54 Å². The molecule has 0 spiro atoms. The van der Waals surface area contributed by atoms with Crippen molar-refractivity contribution < 1.29 is 8.78 Å². The molecular formula is C11H17F2N3. The minimum absolute atomic E-state index is 0.294. The molecular weight excluding hydrogens is 212 g/mol. The van der Waals surface area contributed by atoms with Crippen LogP contribution in [-0.4, -0.2) is 31.5 Å². The molecule has 0 atom stereocenters. The largest absolute Gasteiger partial charge is 0.354 e. The van der Waals surface area contributed by atoms with Crippen molar-refractivity contribution in [3.05, 3.63) is 23.9 Å². The van der Waals surface area contributed by atoms with Crippen LogP contribution < -0.4 is 10.2 Å². The van der Waals surface area contributed by atoms with E-state index in [9.17, 15) is 8.78 Å². The smallest absolute Gasteiger partial charge is 0.255 e. The number of rotatable bonds is 6. The summed E-state index contributed by atoms with van der Waals surface area (Å²) in [5, 5.41) is 3.18. The molecule has 0 aliphatic rings. The maximum absolute atomic E-state index is 12.2. The zero-order valence-corrected chi connectivity index (χ0v) is 9.58. The van der Waals surface area contributed by atoms with Crippen LogP contribution in [0.5, 0.6) is 0 Å². The van der Waals surface area contributed by atoms with Crippen molar-refractivity contribution in [2.75, 3.05) is 25.0 Å². The topological polar surface area (TPSA) is 28.2 Å². The molecule has 3 nitrogen and oxygen atoms in total. The molecule has 1 N–H and O–H groups in total. The molecule has 1 aromatic heterocycles. The predicted molar refractivity (Wildman–Crippen MR) is 60.9 cm³/mol. The second kappa shape index (κ2) is 6.37. The number of anilines is 1. The summed E-state index contributed by atoms with van der Waals surface area (Å²) < 4.78 is 24.4. The molecule has 0 aliphatic heterocycles. The minimum atomic E-state index is -2.34. The summed E-state index contributed by atoms with van der Waals surface area (Å²) in [7, 11) is 1.62. The van der Waals surface area contributed by atoms with E-state index in [1.165, 1.54) is 4.90 Å². The second-order valence-electron chi connectivity index (χ2n) is 3.57. The maximum Gasteiger partial charge on any atom is 0.255 e. The molecule has 1 rings (SSSR count). The molecule has 0 amide bonds. The molecule has 0 aromatic carbocycles. The third kappa shape index (κ3) is 4.10. The fourth-order valence-electron chi connectivity index (χ4n) is 1.35. The Balaban J connectivity index is 2.65. The number of nitrogens with one attached hydrogen (secondary N) is 1. The van der Waals surface area contributed by atoms with Gasteiger partial charge in [-0.15, -0.1) is 0 Å². The molecule has 0 unspecified atom stereocenters. The first-order valence-corrected chi connectivity index (χ1v) is 5.28. The number of pyridine rings is 1. The van der Waals surface area contributed by atoms with Gasteiger partial charge in [-0.05, 0) is 24.2 Å². The van der Waals surface area contributed by atoms with Crippen LogP contribution in [0, 0.1) is 0 Å². The predicted octanol–water partition coefficient (Wildman–Crippen LogP) is 1.89. The van der Waals surface area contributed by atoms with Crippen LogP contribution in [0.3, 0.4) is 0 Å². The van der Waals surface area contributed by atoms with Gasteiger partial charge in [-0.3, -0.25) is 0 Å². The van der Waals surface area contributed by atoms with E-state index in [0.717, 1.165) is 18.7 Å². The van der Waals surface area contributed by atoms with E-state index < -0.39 is 6.43 Å². The van der Waals surface area contributed by atoms with Gasteiger partial charge in [-0.1, -0.05) is 6.92 Å². The van der Waals surface area contributed by atoms with Gasteiger partial charge in [0, 0.05) is 19.8 Å². The van der Waals surface area contributed by atoms with Gasteiger partial charge in [-0.25, -0.2) is 13.8 Å². The summed E-state index contributed by atoms with van der Waals surface area (Å²) in [6, 6.07) is 3.70. The lowest BCUT2D eigenvalue weighted by atomic mass is 10.2. The van der Waals surface area contributed by atoms with E-state index in [1.54, 1.807) is 13.2 Å². The van der Waals surface area contributed by atoms with Crippen molar-refractivity contribution >= 4 is 5.82 Å². The summed E-state index contributed by atoms with van der Waals surface area (Å²) in [4.78, 5) is 5.52. The highest BCUT2D eigenvalue weighted by atomic mass is 19.3. The maximum atomic E-state index is 12.2. The lowest BCUT2D eigenvalue weighted by Crippen LogP contribution is -2.25. The lowest BCUT2D eigenvalue weighted by Gasteiger charge is -2.18. The zero-order valence-electron chi connectivity index (χ0n) is 9.58. The van der Waals surface area contributed by atoms with E-state index in [-0.39, 0.29) is 6.54 Å². The van der Waals surface area contributed by atoms with Crippen LogP contribution in [0.1, 0.15) is 12.5 Å². The molecule has 1 heterocycles. The van der Waals surface area contributed by atoms with Crippen molar-refractivity contribution in [3.63, 3.8) is 0 Å². The lowest BCUT2D eigenvalue weighted by molar-refractivity contribution is 0.156. The monoisotopic (exact) mass is 229 g/mol. The van der Waals surface area contributed by atoms with Crippen molar-refractivity contribution in [1.29, 1.82) is 0 Å². The Morgan fingerprint density at radius 3 is 2.88 bits per heavy atom. The summed E-state index contributed by atoms with van der Waals surface area (Å²) in [6.45, 7) is 3.34. The average Bonchev–Trinajstić information content (AvgIpc) is 2.26. The normalized spacial score (nSPS) is 10.8. The highest BCUT2D eigenvalue weighted by Gasteiger charge is 2.09. The zero-order chi connectivity index (χ0) is 12.0. The molecule has 90 valence electrons. The van der Waals surface area contributed by atoms with Crippen molar-refractivity contribution in [2.24, 2.45) is 0 Å². The van der Waals surface area contributed by atoms with Crippen LogP contribution in [0.25, 0.3) is 0 Å². The number of nitrogens with zero attached hydrogens (tertiary/aromatic N) is 2. The standard InChI is InChI=1S/C11H17F2N3/c1-3-14-7-9-4-5-15-11(6-9)16(2)8-10(12)13/h4-6,10,14H,3,7-8H2,1-2H3. The van der Waals surface area contributed by atoms with Crippen molar-refractivity contribution in [3.8, 4) is 0 Å². The Morgan fingerprint density at radius 2 is 2.25 bits per heavy atom. The van der Waals surface area contributed by atoms with Gasteiger partial charge in [0.05, 0.1) is 6.54 Å². The first-order chi connectivity index (χ1) is 7.63. The summed E-state index contributed by atoms with van der Waals surface area (Å²) in [5.74, 6) is 0.579. The fourth-order valence-corrected chi connectivity index (χ4v) is 1.35. The number of hydrogen-bond donors (Lipinski definition) is 1. The highest BCUT2D eigenvalue weighted by molar-refractivity contribution is 5.40. The van der Waals surface area contributed by atoms with E-state index in [4.69, 9.17) is 0 Å². The fraction of sp³-hybridized carbons (Fsp3) is 0.545. The molecule has 0 aliphatic carbocycles. The summed E-state index contributed by atoms with van der Waals surface area (Å²) in [6.07, 6.45) is -0.700. The Morgan fingerprint density at radius 1 is 1.50 bits per heavy atom. The van der Waals surface area contributed by atoms with Gasteiger partial charge in [-0.2, -0.15) is 0 Å². The van der Waals surface area contributed by atoms with E-state index in [0.29, 0.717) is 5.82 Å². The molecule has 0 saturated carbocycles. The van der Waals surface area contributed by atoms with Crippen molar-refractivity contribution in [2.45, 2.75) is 19.9 Å². The molecule has 0 fully saturated rings. The molecule has 16 heavy (non-hydrogen) atoms. The Kier molecular flexibility index (Phi) is 5.11. The van der Waals surface area contributed by atoms with Gasteiger partial charge < -0.3 is 10.2 Å². The Hall–Kier alpha value is -1.23. The summed E-state index contributed by atoms with van der Waals surface area (Å²) >= 11 is 0. The molecule has 0 saturated heterocycles. The van der Waals surface area contributed by atoms with E-state index >= 15 is 0 Å². The number of hydrogen-bond acceptors (Lipinski definition) is 3. The van der Waals surface area contributed by atoms with Gasteiger partial charge in [0.1, 0.15) is 5.82 Å². The van der Waals surface area contributed by atoms with Crippen LogP contribution in [0.4, 0.5) is 14.6 Å². The quantitative estimate of drug-likeness (QED) is 0.807.